The van der Waals surface area contributed by atoms with Gasteiger partial charge in [0.1, 0.15) is 11.4 Å². The molecule has 0 aliphatic carbocycles. The van der Waals surface area contributed by atoms with Gasteiger partial charge < -0.3 is 24.9 Å². The SMILES string of the molecule is CCNC(=NCC(C)(O)c1ccco1)NCCC1CCCO1. The molecule has 6 nitrogen and oxygen atoms in total. The number of aliphatic hydroxyl groups is 1. The molecule has 0 radical (unpaired) electrons. The van der Waals surface area contributed by atoms with Gasteiger partial charge in [-0.2, -0.15) is 0 Å². The topological polar surface area (TPSA) is 79.0 Å². The maximum atomic E-state index is 10.4. The first-order chi connectivity index (χ1) is 10.6. The Morgan fingerprint density at radius 1 is 1.50 bits per heavy atom. The fraction of sp³-hybridized carbons (Fsp3) is 0.688. The van der Waals surface area contributed by atoms with Crippen LogP contribution in [0.2, 0.25) is 0 Å². The van der Waals surface area contributed by atoms with Crippen LogP contribution in [0.15, 0.2) is 27.8 Å². The first-order valence-corrected chi connectivity index (χ1v) is 8.02. The number of hydrogen-bond acceptors (Lipinski definition) is 4. The van der Waals surface area contributed by atoms with E-state index in [2.05, 4.69) is 15.6 Å². The maximum Gasteiger partial charge on any atom is 0.191 e. The van der Waals surface area contributed by atoms with Crippen molar-refractivity contribution in [3.63, 3.8) is 0 Å². The molecular formula is C16H27N3O3. The van der Waals surface area contributed by atoms with Crippen LogP contribution in [0.4, 0.5) is 0 Å². The Kier molecular flexibility index (Phi) is 6.27. The van der Waals surface area contributed by atoms with Gasteiger partial charge in [0.25, 0.3) is 0 Å². The monoisotopic (exact) mass is 309 g/mol. The molecule has 3 N–H and O–H groups in total. The molecule has 2 rings (SSSR count). The third-order valence-corrected chi connectivity index (χ3v) is 3.72. The zero-order chi connectivity index (χ0) is 15.8. The molecular weight excluding hydrogens is 282 g/mol. The maximum absolute atomic E-state index is 10.4. The molecule has 22 heavy (non-hydrogen) atoms. The van der Waals surface area contributed by atoms with E-state index in [0.717, 1.165) is 39.0 Å². The highest BCUT2D eigenvalue weighted by Crippen LogP contribution is 2.21. The van der Waals surface area contributed by atoms with Crippen molar-refractivity contribution in [1.82, 2.24) is 10.6 Å². The predicted molar refractivity (Wildman–Crippen MR) is 85.9 cm³/mol. The van der Waals surface area contributed by atoms with Crippen LogP contribution >= 0.6 is 0 Å². The minimum Gasteiger partial charge on any atom is -0.466 e. The van der Waals surface area contributed by atoms with Gasteiger partial charge in [-0.3, -0.25) is 0 Å². The molecule has 0 spiro atoms. The third kappa shape index (κ3) is 5.03. The predicted octanol–water partition coefficient (Wildman–Crippen LogP) is 1.61. The number of ether oxygens (including phenoxy) is 1. The van der Waals surface area contributed by atoms with Crippen LogP contribution in [0, 0.1) is 0 Å². The van der Waals surface area contributed by atoms with Crippen LogP contribution in [0.1, 0.15) is 38.9 Å². The number of nitrogens with one attached hydrogen (secondary N) is 2. The van der Waals surface area contributed by atoms with Crippen LogP contribution in [0.5, 0.6) is 0 Å². The Morgan fingerprint density at radius 3 is 3.00 bits per heavy atom. The summed E-state index contributed by atoms with van der Waals surface area (Å²) in [5.41, 5.74) is -1.11. The van der Waals surface area contributed by atoms with Crippen molar-refractivity contribution >= 4 is 5.96 Å². The van der Waals surface area contributed by atoms with Crippen molar-refractivity contribution in [2.45, 2.75) is 44.8 Å². The molecule has 1 saturated heterocycles. The number of furan rings is 1. The van der Waals surface area contributed by atoms with Gasteiger partial charge in [-0.1, -0.05) is 0 Å². The van der Waals surface area contributed by atoms with Crippen LogP contribution in [-0.2, 0) is 10.3 Å². The van der Waals surface area contributed by atoms with Gasteiger partial charge in [-0.25, -0.2) is 4.99 Å². The number of aliphatic imine (C=N–C) groups is 1. The van der Waals surface area contributed by atoms with E-state index in [1.807, 2.05) is 6.92 Å². The van der Waals surface area contributed by atoms with Crippen LogP contribution < -0.4 is 10.6 Å². The number of nitrogens with zero attached hydrogens (tertiary/aromatic N) is 1. The van der Waals surface area contributed by atoms with Crippen molar-refractivity contribution < 1.29 is 14.3 Å². The summed E-state index contributed by atoms with van der Waals surface area (Å²) in [6.45, 7) is 6.40. The minimum atomic E-state index is -1.11. The molecule has 2 heterocycles. The smallest absolute Gasteiger partial charge is 0.191 e. The summed E-state index contributed by atoms with van der Waals surface area (Å²) in [5.74, 6) is 1.22. The second-order valence-electron chi connectivity index (χ2n) is 5.80. The average Bonchev–Trinajstić information content (AvgIpc) is 3.18. The summed E-state index contributed by atoms with van der Waals surface area (Å²) in [7, 11) is 0. The molecule has 0 amide bonds. The number of hydrogen-bond donors (Lipinski definition) is 3. The standard InChI is InChI=1S/C16H27N3O3/c1-3-17-15(18-9-8-13-6-4-10-21-13)19-12-16(2,20)14-7-5-11-22-14/h5,7,11,13,20H,3-4,6,8-10,12H2,1-2H3,(H2,17,18,19). The molecule has 0 aromatic carbocycles. The van der Waals surface area contributed by atoms with E-state index >= 15 is 0 Å². The Labute approximate surface area is 132 Å². The van der Waals surface area contributed by atoms with Crippen molar-refractivity contribution in [2.24, 2.45) is 4.99 Å². The van der Waals surface area contributed by atoms with E-state index in [9.17, 15) is 5.11 Å². The molecule has 1 aliphatic heterocycles. The fourth-order valence-electron chi connectivity index (χ4n) is 2.46. The number of guanidine groups is 1. The Bertz CT molecular complexity index is 451. The molecule has 2 unspecified atom stereocenters. The second-order valence-corrected chi connectivity index (χ2v) is 5.80. The van der Waals surface area contributed by atoms with Crippen LogP contribution in [0.25, 0.3) is 0 Å². The zero-order valence-corrected chi connectivity index (χ0v) is 13.5. The van der Waals surface area contributed by atoms with Gasteiger partial charge >= 0.3 is 0 Å². The molecule has 6 heteroatoms. The molecule has 1 aromatic heterocycles. The lowest BCUT2D eigenvalue weighted by atomic mass is 10.0. The van der Waals surface area contributed by atoms with E-state index in [1.54, 1.807) is 25.3 Å². The van der Waals surface area contributed by atoms with Gasteiger partial charge in [0.15, 0.2) is 5.96 Å². The van der Waals surface area contributed by atoms with Gasteiger partial charge in [-0.05, 0) is 45.2 Å². The number of rotatable bonds is 7. The largest absolute Gasteiger partial charge is 0.466 e. The lowest BCUT2D eigenvalue weighted by Crippen LogP contribution is -2.40. The summed E-state index contributed by atoms with van der Waals surface area (Å²) < 4.78 is 10.9. The average molecular weight is 309 g/mol. The van der Waals surface area contributed by atoms with Crippen molar-refractivity contribution in [2.75, 3.05) is 26.2 Å². The van der Waals surface area contributed by atoms with Crippen molar-refractivity contribution in [3.05, 3.63) is 24.2 Å². The van der Waals surface area contributed by atoms with Crippen molar-refractivity contribution in [1.29, 1.82) is 0 Å². The first kappa shape index (κ1) is 16.8. The minimum absolute atomic E-state index is 0.232. The first-order valence-electron chi connectivity index (χ1n) is 8.02. The third-order valence-electron chi connectivity index (χ3n) is 3.72. The highest BCUT2D eigenvalue weighted by molar-refractivity contribution is 5.79. The van der Waals surface area contributed by atoms with Crippen LogP contribution in [-0.4, -0.2) is 43.4 Å². The molecule has 2 atom stereocenters. The van der Waals surface area contributed by atoms with Crippen molar-refractivity contribution in [3.8, 4) is 0 Å². The summed E-state index contributed by atoms with van der Waals surface area (Å²) in [5, 5.41) is 16.9. The van der Waals surface area contributed by atoms with Gasteiger partial charge in [0, 0.05) is 19.7 Å². The van der Waals surface area contributed by atoms with E-state index < -0.39 is 5.60 Å². The van der Waals surface area contributed by atoms with Gasteiger partial charge in [-0.15, -0.1) is 0 Å². The van der Waals surface area contributed by atoms with E-state index in [1.165, 1.54) is 0 Å². The summed E-state index contributed by atoms with van der Waals surface area (Å²) >= 11 is 0. The molecule has 0 bridgehead atoms. The zero-order valence-electron chi connectivity index (χ0n) is 13.5. The quantitative estimate of drug-likeness (QED) is 0.527. The van der Waals surface area contributed by atoms with Crippen LogP contribution in [0.3, 0.4) is 0 Å². The van der Waals surface area contributed by atoms with Gasteiger partial charge in [0.05, 0.1) is 18.9 Å². The molecule has 124 valence electrons. The van der Waals surface area contributed by atoms with Gasteiger partial charge in [0.2, 0.25) is 0 Å². The Hall–Kier alpha value is -1.53. The molecule has 1 fully saturated rings. The normalized spacial score (nSPS) is 21.6. The summed E-state index contributed by atoms with van der Waals surface area (Å²) in [4.78, 5) is 4.45. The second kappa shape index (κ2) is 8.19. The van der Waals surface area contributed by atoms with E-state index in [0.29, 0.717) is 17.8 Å². The van der Waals surface area contributed by atoms with E-state index in [4.69, 9.17) is 9.15 Å². The lowest BCUT2D eigenvalue weighted by Gasteiger charge is -2.20. The summed E-state index contributed by atoms with van der Waals surface area (Å²) in [6.07, 6.45) is 5.19. The summed E-state index contributed by atoms with van der Waals surface area (Å²) in [6, 6.07) is 3.52. The molecule has 1 aromatic rings. The van der Waals surface area contributed by atoms with E-state index in [-0.39, 0.29) is 6.54 Å². The Morgan fingerprint density at radius 2 is 2.36 bits per heavy atom. The highest BCUT2D eigenvalue weighted by atomic mass is 16.5. The fourth-order valence-corrected chi connectivity index (χ4v) is 2.46. The lowest BCUT2D eigenvalue weighted by molar-refractivity contribution is 0.0436. The molecule has 1 aliphatic rings. The molecule has 0 saturated carbocycles. The Balaban J connectivity index is 1.83. The highest BCUT2D eigenvalue weighted by Gasteiger charge is 2.26.